The fourth-order valence-electron chi connectivity index (χ4n) is 1.40. The summed E-state index contributed by atoms with van der Waals surface area (Å²) in [5, 5.41) is 9.11. The van der Waals surface area contributed by atoms with Gasteiger partial charge in [0.1, 0.15) is 11.4 Å². The van der Waals surface area contributed by atoms with Crippen LogP contribution in [-0.2, 0) is 0 Å². The summed E-state index contributed by atoms with van der Waals surface area (Å²) in [6, 6.07) is 1.91. The Morgan fingerprint density at radius 3 is 2.14 bits per heavy atom. The zero-order valence-electron chi connectivity index (χ0n) is 15.1. The van der Waals surface area contributed by atoms with Crippen LogP contribution in [0, 0.1) is 6.92 Å². The first kappa shape index (κ1) is 21.9. The van der Waals surface area contributed by atoms with Crippen molar-refractivity contribution in [3.05, 3.63) is 30.1 Å². The van der Waals surface area contributed by atoms with Crippen molar-refractivity contribution in [1.82, 2.24) is 4.98 Å². The monoisotopic (exact) mass is 295 g/mol. The van der Waals surface area contributed by atoms with Gasteiger partial charge in [-0.25, -0.2) is 0 Å². The van der Waals surface area contributed by atoms with Gasteiger partial charge in [0.25, 0.3) is 0 Å². The molecule has 0 aromatic carbocycles. The van der Waals surface area contributed by atoms with Crippen molar-refractivity contribution in [2.75, 3.05) is 6.61 Å². The van der Waals surface area contributed by atoms with E-state index in [1.807, 2.05) is 47.6 Å². The van der Waals surface area contributed by atoms with E-state index in [2.05, 4.69) is 25.4 Å². The van der Waals surface area contributed by atoms with Gasteiger partial charge in [0.05, 0.1) is 18.5 Å². The standard InChI is InChI=1S/C13H19NO2.C3H8.C2H6/c1-9(2)12-10(3)6-11(7-14-12)16-13(4,5)8-15;1-3-2;1-2/h6-7,15H,1,8H2,2-5H3;3H2,1-2H3;1-2H3. The van der Waals surface area contributed by atoms with Crippen molar-refractivity contribution in [2.45, 2.75) is 67.4 Å². The van der Waals surface area contributed by atoms with Gasteiger partial charge in [-0.05, 0) is 44.9 Å². The fraction of sp³-hybridized carbons (Fsp3) is 0.611. The van der Waals surface area contributed by atoms with Crippen LogP contribution in [0.4, 0.5) is 0 Å². The summed E-state index contributed by atoms with van der Waals surface area (Å²) >= 11 is 0. The van der Waals surface area contributed by atoms with Crippen molar-refractivity contribution in [2.24, 2.45) is 0 Å². The molecule has 21 heavy (non-hydrogen) atoms. The SMILES string of the molecule is C=C(C)c1ncc(OC(C)(C)CO)cc1C.CC.CCC. The summed E-state index contributed by atoms with van der Waals surface area (Å²) < 4.78 is 5.62. The molecular weight excluding hydrogens is 262 g/mol. The van der Waals surface area contributed by atoms with Crippen molar-refractivity contribution in [3.8, 4) is 5.75 Å². The van der Waals surface area contributed by atoms with E-state index in [0.29, 0.717) is 5.75 Å². The number of ether oxygens (including phenoxy) is 1. The Kier molecular flexibility index (Phi) is 11.8. The van der Waals surface area contributed by atoms with Crippen LogP contribution < -0.4 is 4.74 Å². The maximum atomic E-state index is 9.11. The smallest absolute Gasteiger partial charge is 0.138 e. The summed E-state index contributed by atoms with van der Waals surface area (Å²) in [5.74, 6) is 0.668. The van der Waals surface area contributed by atoms with Crippen molar-refractivity contribution in [1.29, 1.82) is 0 Å². The van der Waals surface area contributed by atoms with Crippen LogP contribution in [0.3, 0.4) is 0 Å². The van der Waals surface area contributed by atoms with E-state index in [1.54, 1.807) is 6.20 Å². The Hall–Kier alpha value is -1.35. The van der Waals surface area contributed by atoms with Gasteiger partial charge < -0.3 is 9.84 Å². The molecule has 0 atom stereocenters. The van der Waals surface area contributed by atoms with Crippen LogP contribution in [0.1, 0.15) is 66.1 Å². The molecule has 0 fully saturated rings. The second kappa shape index (κ2) is 11.3. The number of aromatic nitrogens is 1. The maximum absolute atomic E-state index is 9.11. The van der Waals surface area contributed by atoms with E-state index in [-0.39, 0.29) is 6.61 Å². The predicted octanol–water partition coefficient (Wildman–Crippen LogP) is 5.02. The Morgan fingerprint density at radius 2 is 1.81 bits per heavy atom. The van der Waals surface area contributed by atoms with Gasteiger partial charge in [-0.1, -0.05) is 40.7 Å². The molecule has 0 aliphatic rings. The highest BCUT2D eigenvalue weighted by molar-refractivity contribution is 5.61. The Bertz CT molecular complexity index is 412. The van der Waals surface area contributed by atoms with E-state index < -0.39 is 5.60 Å². The maximum Gasteiger partial charge on any atom is 0.138 e. The molecule has 3 heteroatoms. The summed E-state index contributed by atoms with van der Waals surface area (Å²) in [6.07, 6.45) is 2.91. The van der Waals surface area contributed by atoms with E-state index >= 15 is 0 Å². The molecule has 1 heterocycles. The molecule has 0 spiro atoms. The molecule has 1 rings (SSSR count). The Morgan fingerprint density at radius 1 is 1.33 bits per heavy atom. The quantitative estimate of drug-likeness (QED) is 0.848. The summed E-state index contributed by atoms with van der Waals surface area (Å²) in [5.41, 5.74) is 2.28. The minimum Gasteiger partial charge on any atom is -0.484 e. The van der Waals surface area contributed by atoms with Gasteiger partial charge in [0.15, 0.2) is 0 Å². The van der Waals surface area contributed by atoms with Crippen LogP contribution in [0.15, 0.2) is 18.8 Å². The fourth-order valence-corrected chi connectivity index (χ4v) is 1.40. The highest BCUT2D eigenvalue weighted by Gasteiger charge is 2.18. The molecule has 0 saturated carbocycles. The number of pyridine rings is 1. The molecule has 0 radical (unpaired) electrons. The Labute approximate surface area is 131 Å². The van der Waals surface area contributed by atoms with Crippen LogP contribution in [0.5, 0.6) is 5.75 Å². The molecule has 3 nitrogen and oxygen atoms in total. The number of aryl methyl sites for hydroxylation is 1. The van der Waals surface area contributed by atoms with Gasteiger partial charge in [-0.2, -0.15) is 0 Å². The molecular formula is C18H33NO2. The molecule has 0 unspecified atom stereocenters. The van der Waals surface area contributed by atoms with Crippen molar-refractivity contribution >= 4 is 5.57 Å². The molecule has 1 aromatic heterocycles. The van der Waals surface area contributed by atoms with Crippen molar-refractivity contribution in [3.63, 3.8) is 0 Å². The minimum atomic E-state index is -0.584. The van der Waals surface area contributed by atoms with Gasteiger partial charge >= 0.3 is 0 Å². The second-order valence-electron chi connectivity index (χ2n) is 5.34. The van der Waals surface area contributed by atoms with Gasteiger partial charge in [0, 0.05) is 0 Å². The van der Waals surface area contributed by atoms with E-state index in [4.69, 9.17) is 9.84 Å². The third kappa shape index (κ3) is 9.24. The first-order valence-corrected chi connectivity index (χ1v) is 7.69. The number of nitrogens with zero attached hydrogens (tertiary/aromatic N) is 1. The topological polar surface area (TPSA) is 42.4 Å². The zero-order valence-corrected chi connectivity index (χ0v) is 15.1. The largest absolute Gasteiger partial charge is 0.484 e. The number of aliphatic hydroxyl groups excluding tert-OH is 1. The summed E-state index contributed by atoms with van der Waals surface area (Å²) in [4.78, 5) is 4.29. The second-order valence-corrected chi connectivity index (χ2v) is 5.34. The molecule has 0 saturated heterocycles. The van der Waals surface area contributed by atoms with Crippen molar-refractivity contribution < 1.29 is 9.84 Å². The summed E-state index contributed by atoms with van der Waals surface area (Å²) in [7, 11) is 0. The first-order valence-electron chi connectivity index (χ1n) is 7.69. The predicted molar refractivity (Wildman–Crippen MR) is 92.8 cm³/mol. The lowest BCUT2D eigenvalue weighted by Crippen LogP contribution is -2.32. The van der Waals surface area contributed by atoms with E-state index in [9.17, 15) is 0 Å². The number of hydrogen-bond donors (Lipinski definition) is 1. The average Bonchev–Trinajstić information content (AvgIpc) is 2.41. The third-order valence-corrected chi connectivity index (χ3v) is 2.23. The average molecular weight is 295 g/mol. The van der Waals surface area contributed by atoms with Crippen LogP contribution in [0.25, 0.3) is 5.57 Å². The molecule has 1 N–H and O–H groups in total. The number of aliphatic hydroxyl groups is 1. The molecule has 0 aliphatic carbocycles. The highest BCUT2D eigenvalue weighted by atomic mass is 16.5. The Balaban J connectivity index is 0. The van der Waals surface area contributed by atoms with Gasteiger partial charge in [-0.3, -0.25) is 4.98 Å². The van der Waals surface area contributed by atoms with E-state index in [1.165, 1.54) is 6.42 Å². The third-order valence-electron chi connectivity index (χ3n) is 2.23. The molecule has 122 valence electrons. The van der Waals surface area contributed by atoms with Crippen LogP contribution in [0.2, 0.25) is 0 Å². The number of allylic oxidation sites excluding steroid dienone is 1. The number of rotatable bonds is 4. The van der Waals surface area contributed by atoms with Gasteiger partial charge in [0.2, 0.25) is 0 Å². The molecule has 1 aromatic rings. The normalized spacial score (nSPS) is 9.76. The lowest BCUT2D eigenvalue weighted by Gasteiger charge is -2.24. The molecule has 0 aliphatic heterocycles. The lowest BCUT2D eigenvalue weighted by atomic mass is 10.1. The lowest BCUT2D eigenvalue weighted by molar-refractivity contribution is 0.0409. The molecule has 0 bridgehead atoms. The van der Waals surface area contributed by atoms with Crippen LogP contribution >= 0.6 is 0 Å². The highest BCUT2D eigenvalue weighted by Crippen LogP contribution is 2.22. The first-order chi connectivity index (χ1) is 9.77. The van der Waals surface area contributed by atoms with E-state index in [0.717, 1.165) is 16.8 Å². The van der Waals surface area contributed by atoms with Gasteiger partial charge in [-0.15, -0.1) is 0 Å². The minimum absolute atomic E-state index is 0.0334. The number of hydrogen-bond acceptors (Lipinski definition) is 3. The zero-order chi connectivity index (χ0) is 17.1. The molecule has 0 amide bonds. The van der Waals surface area contributed by atoms with Crippen LogP contribution in [-0.4, -0.2) is 22.3 Å². The summed E-state index contributed by atoms with van der Waals surface area (Å²) in [6.45, 7) is 19.6.